The van der Waals surface area contributed by atoms with E-state index in [2.05, 4.69) is 49.1 Å². The van der Waals surface area contributed by atoms with Crippen molar-refractivity contribution < 1.29 is 0 Å². The number of nitrogens with zero attached hydrogens (tertiary/aromatic N) is 1. The van der Waals surface area contributed by atoms with Gasteiger partial charge in [0.05, 0.1) is 0 Å². The molecule has 0 spiro atoms. The zero-order chi connectivity index (χ0) is 8.97. The van der Waals surface area contributed by atoms with Crippen molar-refractivity contribution in [3.05, 3.63) is 24.0 Å². The highest BCUT2D eigenvalue weighted by Crippen LogP contribution is 1.99. The summed E-state index contributed by atoms with van der Waals surface area (Å²) in [5.41, 5.74) is 1.34. The van der Waals surface area contributed by atoms with Crippen LogP contribution in [0.5, 0.6) is 0 Å². The number of nitrogens with one attached hydrogen (secondary N) is 1. The van der Waals surface area contributed by atoms with E-state index in [4.69, 9.17) is 0 Å². The first-order valence-electron chi connectivity index (χ1n) is 4.57. The molecule has 1 rings (SSSR count). The van der Waals surface area contributed by atoms with E-state index in [1.165, 1.54) is 12.1 Å². The van der Waals surface area contributed by atoms with Crippen molar-refractivity contribution in [2.75, 3.05) is 0 Å². The second-order valence-electron chi connectivity index (χ2n) is 3.30. The zero-order valence-electron chi connectivity index (χ0n) is 8.17. The van der Waals surface area contributed by atoms with Gasteiger partial charge in [-0.25, -0.2) is 0 Å². The van der Waals surface area contributed by atoms with Gasteiger partial charge in [0.25, 0.3) is 0 Å². The predicted molar refractivity (Wildman–Crippen MR) is 52.0 cm³/mol. The molecule has 12 heavy (non-hydrogen) atoms. The molecule has 0 bridgehead atoms. The molecular formula is C10H18N2. The molecule has 0 fully saturated rings. The number of hydrogen-bond acceptors (Lipinski definition) is 1. The Morgan fingerprint density at radius 1 is 1.58 bits per heavy atom. The lowest BCUT2D eigenvalue weighted by Crippen LogP contribution is -2.25. The highest BCUT2D eigenvalue weighted by molar-refractivity contribution is 5.05. The smallest absolute Gasteiger partial charge is 0.0361 e. The SMILES string of the molecule is CC[C@H](C)NCc1cccn1C. The van der Waals surface area contributed by atoms with Crippen molar-refractivity contribution in [1.29, 1.82) is 0 Å². The van der Waals surface area contributed by atoms with E-state index in [-0.39, 0.29) is 0 Å². The number of aromatic nitrogens is 1. The Morgan fingerprint density at radius 3 is 2.83 bits per heavy atom. The largest absolute Gasteiger partial charge is 0.353 e. The van der Waals surface area contributed by atoms with Crippen LogP contribution >= 0.6 is 0 Å². The molecule has 1 heterocycles. The Kier molecular flexibility index (Phi) is 3.35. The van der Waals surface area contributed by atoms with Gasteiger partial charge in [-0.05, 0) is 25.5 Å². The van der Waals surface area contributed by atoms with Gasteiger partial charge in [-0.2, -0.15) is 0 Å². The summed E-state index contributed by atoms with van der Waals surface area (Å²) >= 11 is 0. The summed E-state index contributed by atoms with van der Waals surface area (Å²) in [5, 5.41) is 3.45. The lowest BCUT2D eigenvalue weighted by molar-refractivity contribution is 0.522. The lowest BCUT2D eigenvalue weighted by atomic mass is 10.2. The van der Waals surface area contributed by atoms with E-state index in [9.17, 15) is 0 Å². The van der Waals surface area contributed by atoms with Crippen molar-refractivity contribution in [1.82, 2.24) is 9.88 Å². The van der Waals surface area contributed by atoms with E-state index in [1.54, 1.807) is 0 Å². The van der Waals surface area contributed by atoms with Gasteiger partial charge in [-0.3, -0.25) is 0 Å². The fourth-order valence-electron chi connectivity index (χ4n) is 1.10. The van der Waals surface area contributed by atoms with E-state index < -0.39 is 0 Å². The second kappa shape index (κ2) is 4.31. The average molecular weight is 166 g/mol. The topological polar surface area (TPSA) is 17.0 Å². The zero-order valence-corrected chi connectivity index (χ0v) is 8.17. The fraction of sp³-hybridized carbons (Fsp3) is 0.600. The molecule has 1 atom stereocenters. The van der Waals surface area contributed by atoms with E-state index >= 15 is 0 Å². The van der Waals surface area contributed by atoms with Crippen LogP contribution in [0.4, 0.5) is 0 Å². The average Bonchev–Trinajstić information content (AvgIpc) is 2.47. The van der Waals surface area contributed by atoms with E-state index in [0.29, 0.717) is 6.04 Å². The molecule has 0 saturated carbocycles. The number of rotatable bonds is 4. The van der Waals surface area contributed by atoms with Crippen LogP contribution in [0, 0.1) is 0 Å². The van der Waals surface area contributed by atoms with Crippen LogP contribution in [0.15, 0.2) is 18.3 Å². The van der Waals surface area contributed by atoms with Crippen molar-refractivity contribution in [3.8, 4) is 0 Å². The predicted octanol–water partition coefficient (Wildman–Crippen LogP) is 1.91. The Balaban J connectivity index is 2.38. The first-order chi connectivity index (χ1) is 5.74. The van der Waals surface area contributed by atoms with E-state index in [0.717, 1.165) is 6.54 Å². The monoisotopic (exact) mass is 166 g/mol. The van der Waals surface area contributed by atoms with Gasteiger partial charge in [0.2, 0.25) is 0 Å². The molecule has 0 aliphatic heterocycles. The fourth-order valence-corrected chi connectivity index (χ4v) is 1.10. The molecule has 68 valence electrons. The minimum atomic E-state index is 0.611. The van der Waals surface area contributed by atoms with Crippen LogP contribution in [0.25, 0.3) is 0 Å². The van der Waals surface area contributed by atoms with E-state index in [1.807, 2.05) is 0 Å². The molecule has 2 heteroatoms. The highest BCUT2D eigenvalue weighted by atomic mass is 15.0. The van der Waals surface area contributed by atoms with Crippen LogP contribution in [0.1, 0.15) is 26.0 Å². The number of aryl methyl sites for hydroxylation is 1. The lowest BCUT2D eigenvalue weighted by Gasteiger charge is -2.11. The van der Waals surface area contributed by atoms with Gasteiger partial charge in [-0.1, -0.05) is 6.92 Å². The summed E-state index contributed by atoms with van der Waals surface area (Å²) in [5.74, 6) is 0. The third kappa shape index (κ3) is 2.38. The second-order valence-corrected chi connectivity index (χ2v) is 3.30. The van der Waals surface area contributed by atoms with Gasteiger partial charge in [0.15, 0.2) is 0 Å². The van der Waals surface area contributed by atoms with Crippen molar-refractivity contribution >= 4 is 0 Å². The molecule has 0 saturated heterocycles. The molecular weight excluding hydrogens is 148 g/mol. The summed E-state index contributed by atoms with van der Waals surface area (Å²) in [6.45, 7) is 5.38. The third-order valence-electron chi connectivity index (χ3n) is 2.30. The molecule has 0 aliphatic carbocycles. The van der Waals surface area contributed by atoms with Crippen molar-refractivity contribution in [2.24, 2.45) is 7.05 Å². The van der Waals surface area contributed by atoms with Gasteiger partial charge < -0.3 is 9.88 Å². The summed E-state index contributed by atoms with van der Waals surface area (Å²) in [6.07, 6.45) is 3.26. The summed E-state index contributed by atoms with van der Waals surface area (Å²) in [7, 11) is 2.08. The molecule has 1 N–H and O–H groups in total. The van der Waals surface area contributed by atoms with Gasteiger partial charge in [-0.15, -0.1) is 0 Å². The molecule has 1 aromatic heterocycles. The standard InChI is InChI=1S/C10H18N2/c1-4-9(2)11-8-10-6-5-7-12(10)3/h5-7,9,11H,4,8H2,1-3H3/t9-/m0/s1. The minimum Gasteiger partial charge on any atom is -0.353 e. The van der Waals surface area contributed by atoms with Gasteiger partial charge >= 0.3 is 0 Å². The molecule has 2 nitrogen and oxygen atoms in total. The Morgan fingerprint density at radius 2 is 2.33 bits per heavy atom. The minimum absolute atomic E-state index is 0.611. The van der Waals surface area contributed by atoms with Crippen LogP contribution in [0.2, 0.25) is 0 Å². The summed E-state index contributed by atoms with van der Waals surface area (Å²) in [6, 6.07) is 4.84. The Hall–Kier alpha value is -0.760. The summed E-state index contributed by atoms with van der Waals surface area (Å²) < 4.78 is 2.15. The van der Waals surface area contributed by atoms with Gasteiger partial charge in [0.1, 0.15) is 0 Å². The summed E-state index contributed by atoms with van der Waals surface area (Å²) in [4.78, 5) is 0. The molecule has 0 aromatic carbocycles. The highest BCUT2D eigenvalue weighted by Gasteiger charge is 1.99. The van der Waals surface area contributed by atoms with Crippen LogP contribution in [-0.4, -0.2) is 10.6 Å². The maximum Gasteiger partial charge on any atom is 0.0361 e. The molecule has 0 radical (unpaired) electrons. The van der Waals surface area contributed by atoms with Crippen LogP contribution in [0.3, 0.4) is 0 Å². The van der Waals surface area contributed by atoms with Crippen molar-refractivity contribution in [3.63, 3.8) is 0 Å². The molecule has 1 aromatic rings. The molecule has 0 amide bonds. The normalized spacial score (nSPS) is 13.2. The maximum atomic E-state index is 3.45. The molecule has 0 aliphatic rings. The van der Waals surface area contributed by atoms with Crippen LogP contribution in [-0.2, 0) is 13.6 Å². The number of hydrogen-bond donors (Lipinski definition) is 1. The third-order valence-corrected chi connectivity index (χ3v) is 2.30. The van der Waals surface area contributed by atoms with Crippen molar-refractivity contribution in [2.45, 2.75) is 32.9 Å². The Labute approximate surface area is 74.6 Å². The molecule has 0 unspecified atom stereocenters. The van der Waals surface area contributed by atoms with Gasteiger partial charge in [0, 0.05) is 31.5 Å². The first-order valence-corrected chi connectivity index (χ1v) is 4.57. The quantitative estimate of drug-likeness (QED) is 0.723. The first kappa shape index (κ1) is 9.33. The maximum absolute atomic E-state index is 3.45. The Bertz CT molecular complexity index is 227. The van der Waals surface area contributed by atoms with Crippen LogP contribution < -0.4 is 5.32 Å².